The quantitative estimate of drug-likeness (QED) is 0.614. The number of ether oxygens (including phenoxy) is 3. The number of rotatable bonds is 5. The third kappa shape index (κ3) is 4.04. The Balaban J connectivity index is 1.60. The predicted molar refractivity (Wildman–Crippen MR) is 114 cm³/mol. The minimum absolute atomic E-state index is 0.0707. The molecule has 3 aromatic rings. The summed E-state index contributed by atoms with van der Waals surface area (Å²) in [6.07, 6.45) is 1.68. The molecule has 9 heteroatoms. The first-order chi connectivity index (χ1) is 15.4. The topological polar surface area (TPSA) is 109 Å². The number of anilines is 1. The number of fused-ring (bicyclic) bond motifs is 3. The summed E-state index contributed by atoms with van der Waals surface area (Å²) in [5.41, 5.74) is 4.14. The van der Waals surface area contributed by atoms with E-state index in [1.54, 1.807) is 10.9 Å². The van der Waals surface area contributed by atoms with Gasteiger partial charge in [0.25, 0.3) is 0 Å². The van der Waals surface area contributed by atoms with E-state index < -0.39 is 11.9 Å². The number of aryl methyl sites for hydroxylation is 1. The van der Waals surface area contributed by atoms with E-state index in [2.05, 4.69) is 10.4 Å². The van der Waals surface area contributed by atoms with E-state index >= 15 is 0 Å². The van der Waals surface area contributed by atoms with Crippen LogP contribution < -0.4 is 10.1 Å². The summed E-state index contributed by atoms with van der Waals surface area (Å²) in [7, 11) is 2.46. The zero-order chi connectivity index (χ0) is 22.8. The van der Waals surface area contributed by atoms with E-state index in [0.717, 1.165) is 28.1 Å². The number of hydrogen-bond donors (Lipinski definition) is 1. The number of aromatic nitrogens is 2. The SMILES string of the molecule is COC(=O)c1cc(NC(=O)Cn2ncc3c2-c2cc(C)ccc2OC3)cc(C(=O)OC)c1. The number of nitrogens with one attached hydrogen (secondary N) is 1. The van der Waals surface area contributed by atoms with Crippen LogP contribution in [0.15, 0.2) is 42.6 Å². The van der Waals surface area contributed by atoms with Crippen molar-refractivity contribution in [1.82, 2.24) is 9.78 Å². The Kier molecular flexibility index (Phi) is 5.63. The maximum Gasteiger partial charge on any atom is 0.337 e. The van der Waals surface area contributed by atoms with Gasteiger partial charge in [-0.25, -0.2) is 9.59 Å². The molecule has 0 fully saturated rings. The van der Waals surface area contributed by atoms with Crippen molar-refractivity contribution in [3.05, 3.63) is 64.8 Å². The van der Waals surface area contributed by atoms with Crippen LogP contribution >= 0.6 is 0 Å². The number of amides is 1. The number of carbonyl (C=O) groups is 3. The average Bonchev–Trinajstić information content (AvgIpc) is 3.20. The second kappa shape index (κ2) is 8.54. The van der Waals surface area contributed by atoms with E-state index in [9.17, 15) is 14.4 Å². The number of nitrogens with zero attached hydrogens (tertiary/aromatic N) is 2. The second-order valence-electron chi connectivity index (χ2n) is 7.29. The van der Waals surface area contributed by atoms with Gasteiger partial charge in [0.2, 0.25) is 5.91 Å². The Bertz CT molecular complexity index is 1200. The maximum absolute atomic E-state index is 12.8. The average molecular weight is 435 g/mol. The van der Waals surface area contributed by atoms with Crippen LogP contribution in [0.3, 0.4) is 0 Å². The van der Waals surface area contributed by atoms with Crippen molar-refractivity contribution < 1.29 is 28.6 Å². The lowest BCUT2D eigenvalue weighted by atomic mass is 10.0. The summed E-state index contributed by atoms with van der Waals surface area (Å²) in [6, 6.07) is 10.1. The van der Waals surface area contributed by atoms with Crippen LogP contribution in [-0.4, -0.2) is 41.8 Å². The summed E-state index contributed by atoms with van der Waals surface area (Å²) in [6.45, 7) is 2.28. The highest BCUT2D eigenvalue weighted by Crippen LogP contribution is 2.37. The molecule has 9 nitrogen and oxygen atoms in total. The van der Waals surface area contributed by atoms with Gasteiger partial charge < -0.3 is 19.5 Å². The lowest BCUT2D eigenvalue weighted by Gasteiger charge is -2.20. The number of carbonyl (C=O) groups excluding carboxylic acids is 3. The molecule has 32 heavy (non-hydrogen) atoms. The van der Waals surface area contributed by atoms with Crippen LogP contribution in [0.1, 0.15) is 31.8 Å². The first-order valence-corrected chi connectivity index (χ1v) is 9.79. The monoisotopic (exact) mass is 435 g/mol. The van der Waals surface area contributed by atoms with Crippen LogP contribution in [0.2, 0.25) is 0 Å². The summed E-state index contributed by atoms with van der Waals surface area (Å²) in [5.74, 6) is -0.924. The Morgan fingerprint density at radius 3 is 2.41 bits per heavy atom. The normalized spacial score (nSPS) is 11.6. The molecule has 0 spiro atoms. The lowest BCUT2D eigenvalue weighted by Crippen LogP contribution is -2.21. The van der Waals surface area contributed by atoms with Crippen molar-refractivity contribution >= 4 is 23.5 Å². The van der Waals surface area contributed by atoms with Crippen LogP contribution in [-0.2, 0) is 27.4 Å². The zero-order valence-corrected chi connectivity index (χ0v) is 17.8. The summed E-state index contributed by atoms with van der Waals surface area (Å²) in [5, 5.41) is 7.07. The van der Waals surface area contributed by atoms with Gasteiger partial charge in [0.1, 0.15) is 18.9 Å². The molecule has 0 radical (unpaired) electrons. The van der Waals surface area contributed by atoms with Crippen molar-refractivity contribution in [3.8, 4) is 17.0 Å². The molecule has 1 amide bonds. The van der Waals surface area contributed by atoms with E-state index in [4.69, 9.17) is 14.2 Å². The largest absolute Gasteiger partial charge is 0.488 e. The van der Waals surface area contributed by atoms with Gasteiger partial charge in [-0.2, -0.15) is 5.10 Å². The molecule has 0 saturated heterocycles. The molecule has 0 aliphatic carbocycles. The Labute approximate surface area is 183 Å². The fraction of sp³-hybridized carbons (Fsp3) is 0.217. The molecule has 0 unspecified atom stereocenters. The lowest BCUT2D eigenvalue weighted by molar-refractivity contribution is -0.116. The van der Waals surface area contributed by atoms with Gasteiger partial charge in [0.15, 0.2) is 0 Å². The molecule has 1 aromatic heterocycles. The van der Waals surface area contributed by atoms with E-state index in [1.807, 2.05) is 25.1 Å². The molecule has 1 aliphatic rings. The Hall–Kier alpha value is -4.14. The summed E-state index contributed by atoms with van der Waals surface area (Å²) < 4.78 is 16.8. The third-order valence-electron chi connectivity index (χ3n) is 5.04. The highest BCUT2D eigenvalue weighted by molar-refractivity contribution is 5.99. The molecular formula is C23H21N3O6. The molecule has 1 aliphatic heterocycles. The standard InChI is InChI=1S/C23H21N3O6/c1-13-4-5-19-18(6-13)21-16(12-32-19)10-24-26(21)11-20(27)25-17-8-14(22(28)30-2)7-15(9-17)23(29)31-3/h4-10H,11-12H2,1-3H3,(H,25,27). The maximum atomic E-state index is 12.8. The fourth-order valence-corrected chi connectivity index (χ4v) is 3.58. The fourth-order valence-electron chi connectivity index (χ4n) is 3.58. The van der Waals surface area contributed by atoms with Crippen LogP contribution in [0.4, 0.5) is 5.69 Å². The van der Waals surface area contributed by atoms with Gasteiger partial charge >= 0.3 is 11.9 Å². The Morgan fingerprint density at radius 2 is 1.75 bits per heavy atom. The van der Waals surface area contributed by atoms with E-state index in [-0.39, 0.29) is 29.3 Å². The van der Waals surface area contributed by atoms with Crippen molar-refractivity contribution in [2.24, 2.45) is 0 Å². The first kappa shape index (κ1) is 21.1. The number of esters is 2. The number of benzene rings is 2. The van der Waals surface area contributed by atoms with Crippen LogP contribution in [0.25, 0.3) is 11.3 Å². The smallest absolute Gasteiger partial charge is 0.337 e. The molecule has 0 bridgehead atoms. The zero-order valence-electron chi connectivity index (χ0n) is 17.8. The molecule has 2 aromatic carbocycles. The van der Waals surface area contributed by atoms with Gasteiger partial charge in [-0.05, 0) is 37.3 Å². The number of methoxy groups -OCH3 is 2. The number of hydrogen-bond acceptors (Lipinski definition) is 7. The van der Waals surface area contributed by atoms with Gasteiger partial charge in [-0.1, -0.05) is 11.6 Å². The van der Waals surface area contributed by atoms with Crippen LogP contribution in [0, 0.1) is 6.92 Å². The van der Waals surface area contributed by atoms with E-state index in [0.29, 0.717) is 6.61 Å². The molecule has 2 heterocycles. The minimum Gasteiger partial charge on any atom is -0.488 e. The van der Waals surface area contributed by atoms with Gasteiger partial charge in [0.05, 0.1) is 37.2 Å². The highest BCUT2D eigenvalue weighted by atomic mass is 16.5. The van der Waals surface area contributed by atoms with Gasteiger partial charge in [-0.3, -0.25) is 9.48 Å². The second-order valence-corrected chi connectivity index (χ2v) is 7.29. The van der Waals surface area contributed by atoms with Crippen molar-refractivity contribution in [1.29, 1.82) is 0 Å². The van der Waals surface area contributed by atoms with Crippen LogP contribution in [0.5, 0.6) is 5.75 Å². The third-order valence-corrected chi connectivity index (χ3v) is 5.04. The summed E-state index contributed by atoms with van der Waals surface area (Å²) in [4.78, 5) is 36.7. The molecular weight excluding hydrogens is 414 g/mol. The highest BCUT2D eigenvalue weighted by Gasteiger charge is 2.23. The van der Waals surface area contributed by atoms with Crippen molar-refractivity contribution in [2.45, 2.75) is 20.1 Å². The molecule has 164 valence electrons. The van der Waals surface area contributed by atoms with Crippen molar-refractivity contribution in [2.75, 3.05) is 19.5 Å². The minimum atomic E-state index is -0.639. The molecule has 0 atom stereocenters. The predicted octanol–water partition coefficient (Wildman–Crippen LogP) is 2.96. The first-order valence-electron chi connectivity index (χ1n) is 9.79. The molecule has 0 saturated carbocycles. The van der Waals surface area contributed by atoms with Gasteiger partial charge in [0, 0.05) is 16.8 Å². The summed E-state index contributed by atoms with van der Waals surface area (Å²) >= 11 is 0. The van der Waals surface area contributed by atoms with Crippen molar-refractivity contribution in [3.63, 3.8) is 0 Å². The Morgan fingerprint density at radius 1 is 1.06 bits per heavy atom. The molecule has 1 N–H and O–H groups in total. The molecule has 4 rings (SSSR count). The van der Waals surface area contributed by atoms with Gasteiger partial charge in [-0.15, -0.1) is 0 Å². The van der Waals surface area contributed by atoms with E-state index in [1.165, 1.54) is 32.4 Å².